The van der Waals surface area contributed by atoms with Gasteiger partial charge < -0.3 is 15.2 Å². The first kappa shape index (κ1) is 10.9. The lowest BCUT2D eigenvalue weighted by molar-refractivity contribution is 0.204. The molecule has 0 aliphatic carbocycles. The molecule has 2 N–H and O–H groups in total. The number of methoxy groups -OCH3 is 1. The number of hydrogen-bond acceptors (Lipinski definition) is 3. The summed E-state index contributed by atoms with van der Waals surface area (Å²) < 4.78 is 10.8. The van der Waals surface area contributed by atoms with Crippen molar-refractivity contribution in [3.05, 3.63) is 24.3 Å². The lowest BCUT2D eigenvalue weighted by atomic mass is 10.2. The minimum atomic E-state index is 0.122. The Morgan fingerprint density at radius 2 is 1.93 bits per heavy atom. The summed E-state index contributed by atoms with van der Waals surface area (Å²) in [5, 5.41) is 0. The van der Waals surface area contributed by atoms with Gasteiger partial charge in [-0.15, -0.1) is 0 Å². The van der Waals surface area contributed by atoms with Gasteiger partial charge in [-0.25, -0.2) is 0 Å². The van der Waals surface area contributed by atoms with Crippen LogP contribution in [0.15, 0.2) is 24.3 Å². The van der Waals surface area contributed by atoms with Crippen molar-refractivity contribution in [3.8, 4) is 11.5 Å². The van der Waals surface area contributed by atoms with Gasteiger partial charge in [0.25, 0.3) is 0 Å². The topological polar surface area (TPSA) is 44.5 Å². The fourth-order valence-corrected chi connectivity index (χ4v) is 1.23. The zero-order chi connectivity index (χ0) is 10.4. The Labute approximate surface area is 84.8 Å². The molecule has 0 radical (unpaired) electrons. The lowest BCUT2D eigenvalue weighted by Crippen LogP contribution is -2.17. The Kier molecular flexibility index (Phi) is 4.26. The molecule has 1 aromatic carbocycles. The Morgan fingerprint density at radius 3 is 2.50 bits per heavy atom. The molecule has 0 bridgehead atoms. The highest BCUT2D eigenvalue weighted by molar-refractivity contribution is 5.39. The fraction of sp³-hybridized carbons (Fsp3) is 0.455. The summed E-state index contributed by atoms with van der Waals surface area (Å²) in [5.41, 5.74) is 5.44. The van der Waals surface area contributed by atoms with E-state index in [1.165, 1.54) is 0 Å². The molecule has 1 atom stereocenters. The summed E-state index contributed by atoms with van der Waals surface area (Å²) in [6.45, 7) is 2.63. The van der Waals surface area contributed by atoms with E-state index in [0.29, 0.717) is 6.54 Å². The number of nitrogens with two attached hydrogens (primary N) is 1. The molecule has 1 rings (SSSR count). The van der Waals surface area contributed by atoms with E-state index in [-0.39, 0.29) is 6.10 Å². The van der Waals surface area contributed by atoms with Gasteiger partial charge in [0.15, 0.2) is 11.5 Å². The van der Waals surface area contributed by atoms with Gasteiger partial charge in [0, 0.05) is 0 Å². The molecule has 0 fully saturated rings. The molecule has 1 unspecified atom stereocenters. The molecule has 0 aromatic heterocycles. The van der Waals surface area contributed by atoms with E-state index in [4.69, 9.17) is 15.2 Å². The van der Waals surface area contributed by atoms with Crippen LogP contribution in [-0.4, -0.2) is 19.8 Å². The highest BCUT2D eigenvalue weighted by atomic mass is 16.5. The summed E-state index contributed by atoms with van der Waals surface area (Å²) in [4.78, 5) is 0. The zero-order valence-corrected chi connectivity index (χ0v) is 8.69. The highest BCUT2D eigenvalue weighted by Gasteiger charge is 2.06. The van der Waals surface area contributed by atoms with Crippen LogP contribution in [0, 0.1) is 0 Å². The SMILES string of the molecule is COc1ccccc1OC(C)CCN. The van der Waals surface area contributed by atoms with Gasteiger partial charge in [0.1, 0.15) is 0 Å². The zero-order valence-electron chi connectivity index (χ0n) is 8.69. The maximum absolute atomic E-state index is 5.67. The van der Waals surface area contributed by atoms with E-state index >= 15 is 0 Å². The van der Waals surface area contributed by atoms with Gasteiger partial charge in [-0.1, -0.05) is 12.1 Å². The van der Waals surface area contributed by atoms with Crippen LogP contribution in [0.1, 0.15) is 13.3 Å². The van der Waals surface area contributed by atoms with E-state index in [1.807, 2.05) is 31.2 Å². The predicted octanol–water partition coefficient (Wildman–Crippen LogP) is 1.81. The fourth-order valence-electron chi connectivity index (χ4n) is 1.23. The number of benzene rings is 1. The van der Waals surface area contributed by atoms with Crippen molar-refractivity contribution in [2.45, 2.75) is 19.4 Å². The Bertz CT molecular complexity index is 276. The number of para-hydroxylation sites is 2. The molecule has 14 heavy (non-hydrogen) atoms. The average Bonchev–Trinajstić information content (AvgIpc) is 2.19. The van der Waals surface area contributed by atoms with Crippen molar-refractivity contribution in [1.29, 1.82) is 0 Å². The van der Waals surface area contributed by atoms with Crippen LogP contribution in [0.4, 0.5) is 0 Å². The van der Waals surface area contributed by atoms with Gasteiger partial charge in [-0.3, -0.25) is 0 Å². The monoisotopic (exact) mass is 195 g/mol. The molecule has 0 saturated carbocycles. The first-order valence-corrected chi connectivity index (χ1v) is 4.77. The van der Waals surface area contributed by atoms with E-state index in [0.717, 1.165) is 17.9 Å². The van der Waals surface area contributed by atoms with E-state index in [2.05, 4.69) is 0 Å². The number of rotatable bonds is 5. The van der Waals surface area contributed by atoms with Gasteiger partial charge in [0.05, 0.1) is 13.2 Å². The second-order valence-electron chi connectivity index (χ2n) is 3.16. The van der Waals surface area contributed by atoms with Crippen LogP contribution in [0.25, 0.3) is 0 Å². The highest BCUT2D eigenvalue weighted by Crippen LogP contribution is 2.26. The average molecular weight is 195 g/mol. The van der Waals surface area contributed by atoms with Crippen LogP contribution in [-0.2, 0) is 0 Å². The largest absolute Gasteiger partial charge is 0.493 e. The molecule has 0 aliphatic rings. The number of hydrogen-bond donors (Lipinski definition) is 1. The molecule has 0 saturated heterocycles. The second-order valence-corrected chi connectivity index (χ2v) is 3.16. The second kappa shape index (κ2) is 5.50. The van der Waals surface area contributed by atoms with Crippen molar-refractivity contribution < 1.29 is 9.47 Å². The van der Waals surface area contributed by atoms with Crippen LogP contribution < -0.4 is 15.2 Å². The Morgan fingerprint density at radius 1 is 1.29 bits per heavy atom. The molecular weight excluding hydrogens is 178 g/mol. The molecule has 1 aromatic rings. The molecule has 0 amide bonds. The normalized spacial score (nSPS) is 12.2. The maximum atomic E-state index is 5.67. The van der Waals surface area contributed by atoms with Crippen molar-refractivity contribution in [2.24, 2.45) is 5.73 Å². The van der Waals surface area contributed by atoms with Crippen LogP contribution in [0.5, 0.6) is 11.5 Å². The van der Waals surface area contributed by atoms with Crippen molar-refractivity contribution in [2.75, 3.05) is 13.7 Å². The third-order valence-corrected chi connectivity index (χ3v) is 1.97. The summed E-state index contributed by atoms with van der Waals surface area (Å²) in [6, 6.07) is 7.61. The van der Waals surface area contributed by atoms with Gasteiger partial charge in [-0.2, -0.15) is 0 Å². The summed E-state index contributed by atoms with van der Waals surface area (Å²) >= 11 is 0. The minimum absolute atomic E-state index is 0.122. The van der Waals surface area contributed by atoms with E-state index in [9.17, 15) is 0 Å². The molecule has 0 heterocycles. The summed E-state index contributed by atoms with van der Waals surface area (Å²) in [7, 11) is 1.63. The molecule has 0 spiro atoms. The van der Waals surface area contributed by atoms with E-state index < -0.39 is 0 Å². The van der Waals surface area contributed by atoms with Crippen molar-refractivity contribution >= 4 is 0 Å². The quantitative estimate of drug-likeness (QED) is 0.779. The predicted molar refractivity (Wildman–Crippen MR) is 56.8 cm³/mol. The molecule has 3 heteroatoms. The van der Waals surface area contributed by atoms with Gasteiger partial charge in [-0.05, 0) is 32.0 Å². The third kappa shape index (κ3) is 2.92. The molecular formula is C11H17NO2. The van der Waals surface area contributed by atoms with Gasteiger partial charge >= 0.3 is 0 Å². The third-order valence-electron chi connectivity index (χ3n) is 1.97. The first-order valence-electron chi connectivity index (χ1n) is 4.77. The molecule has 0 aliphatic heterocycles. The number of ether oxygens (including phenoxy) is 2. The van der Waals surface area contributed by atoms with Crippen LogP contribution in [0.3, 0.4) is 0 Å². The van der Waals surface area contributed by atoms with Crippen molar-refractivity contribution in [1.82, 2.24) is 0 Å². The van der Waals surface area contributed by atoms with Gasteiger partial charge in [0.2, 0.25) is 0 Å². The van der Waals surface area contributed by atoms with Crippen LogP contribution in [0.2, 0.25) is 0 Å². The maximum Gasteiger partial charge on any atom is 0.161 e. The first-order chi connectivity index (χ1) is 6.77. The Balaban J connectivity index is 2.65. The smallest absolute Gasteiger partial charge is 0.161 e. The minimum Gasteiger partial charge on any atom is -0.493 e. The standard InChI is InChI=1S/C11H17NO2/c1-9(7-8-12)14-11-6-4-3-5-10(11)13-2/h3-6,9H,7-8,12H2,1-2H3. The summed E-state index contributed by atoms with van der Waals surface area (Å²) in [6.07, 6.45) is 0.967. The Hall–Kier alpha value is -1.22. The molecule has 78 valence electrons. The lowest BCUT2D eigenvalue weighted by Gasteiger charge is -2.15. The summed E-state index contributed by atoms with van der Waals surface area (Å²) in [5.74, 6) is 1.53. The van der Waals surface area contributed by atoms with Crippen molar-refractivity contribution in [3.63, 3.8) is 0 Å². The van der Waals surface area contributed by atoms with E-state index in [1.54, 1.807) is 7.11 Å². The molecule has 3 nitrogen and oxygen atoms in total. The van der Waals surface area contributed by atoms with Crippen LogP contribution >= 0.6 is 0 Å².